The molecule has 1 aromatic carbocycles. The predicted octanol–water partition coefficient (Wildman–Crippen LogP) is 3.77. The monoisotopic (exact) mass is 327 g/mol. The Hall–Kier alpha value is -0.870. The summed E-state index contributed by atoms with van der Waals surface area (Å²) in [7, 11) is 0. The van der Waals surface area contributed by atoms with Crippen molar-refractivity contribution in [3.8, 4) is 0 Å². The quantitative estimate of drug-likeness (QED) is 0.836. The number of aromatic nitrogens is 1. The number of benzene rings is 1. The summed E-state index contributed by atoms with van der Waals surface area (Å²) in [6, 6.07) is 9.06. The summed E-state index contributed by atoms with van der Waals surface area (Å²) in [5.41, 5.74) is 1.25. The first-order valence-corrected chi connectivity index (χ1v) is 5.89. The van der Waals surface area contributed by atoms with Gasteiger partial charge in [0.05, 0.1) is 5.69 Å². The van der Waals surface area contributed by atoms with Gasteiger partial charge in [0.25, 0.3) is 0 Å². The highest BCUT2D eigenvalue weighted by Crippen LogP contribution is 2.21. The molecule has 2 rings (SSSR count). The van der Waals surface area contributed by atoms with E-state index in [4.69, 9.17) is 0 Å². The third-order valence-electron chi connectivity index (χ3n) is 1.97. The van der Waals surface area contributed by atoms with Gasteiger partial charge in [-0.1, -0.05) is 31.9 Å². The Labute approximate surface area is 104 Å². The average molecular weight is 329 g/mol. The second-order valence-corrected chi connectivity index (χ2v) is 4.90. The van der Waals surface area contributed by atoms with Crippen LogP contribution in [0.4, 0.5) is 0 Å². The van der Waals surface area contributed by atoms with E-state index in [1.807, 2.05) is 6.07 Å². The van der Waals surface area contributed by atoms with Gasteiger partial charge in [-0.3, -0.25) is 4.79 Å². The number of rotatable bonds is 2. The van der Waals surface area contributed by atoms with Gasteiger partial charge in [-0.2, -0.15) is 0 Å². The number of H-pyrrole nitrogens is 1. The molecular weight excluding hydrogens is 322 g/mol. The fourth-order valence-corrected chi connectivity index (χ4v) is 2.61. The van der Waals surface area contributed by atoms with E-state index in [1.54, 1.807) is 30.5 Å². The fraction of sp³-hybridized carbons (Fsp3) is 0. The van der Waals surface area contributed by atoms with Crippen molar-refractivity contribution in [2.45, 2.75) is 0 Å². The highest BCUT2D eigenvalue weighted by atomic mass is 79.9. The van der Waals surface area contributed by atoms with E-state index < -0.39 is 0 Å². The number of aromatic amines is 1. The fourth-order valence-electron chi connectivity index (χ4n) is 1.31. The van der Waals surface area contributed by atoms with Crippen LogP contribution in [-0.4, -0.2) is 10.8 Å². The molecule has 1 heterocycles. The second-order valence-electron chi connectivity index (χ2n) is 3.07. The maximum Gasteiger partial charge on any atom is 0.209 e. The maximum absolute atomic E-state index is 11.9. The van der Waals surface area contributed by atoms with Crippen molar-refractivity contribution in [2.24, 2.45) is 0 Å². The highest BCUT2D eigenvalue weighted by molar-refractivity contribution is 9.11. The molecule has 0 unspecified atom stereocenters. The number of hydrogen-bond donors (Lipinski definition) is 1. The topological polar surface area (TPSA) is 32.9 Å². The van der Waals surface area contributed by atoms with Crippen LogP contribution in [0.2, 0.25) is 0 Å². The molecule has 2 nitrogen and oxygen atoms in total. The minimum Gasteiger partial charge on any atom is -0.359 e. The molecule has 0 amide bonds. The molecule has 0 fully saturated rings. The molecule has 76 valence electrons. The smallest absolute Gasteiger partial charge is 0.209 e. The zero-order chi connectivity index (χ0) is 10.8. The molecule has 1 aromatic heterocycles. The lowest BCUT2D eigenvalue weighted by molar-refractivity contribution is 0.103. The molecule has 1 N–H and O–H groups in total. The van der Waals surface area contributed by atoms with E-state index >= 15 is 0 Å². The Morgan fingerprint density at radius 3 is 2.33 bits per heavy atom. The van der Waals surface area contributed by atoms with Gasteiger partial charge in [-0.25, -0.2) is 0 Å². The number of carbonyl (C=O) groups is 1. The van der Waals surface area contributed by atoms with E-state index in [-0.39, 0.29) is 5.78 Å². The number of halogens is 2. The number of ketones is 1. The van der Waals surface area contributed by atoms with E-state index in [1.165, 1.54) is 0 Å². The summed E-state index contributed by atoms with van der Waals surface area (Å²) in [5.74, 6) is -0.0120. The molecule has 0 bridgehead atoms. The Morgan fingerprint density at radius 1 is 1.13 bits per heavy atom. The molecule has 0 saturated heterocycles. The van der Waals surface area contributed by atoms with Crippen molar-refractivity contribution < 1.29 is 4.79 Å². The van der Waals surface area contributed by atoms with Gasteiger partial charge in [0.1, 0.15) is 0 Å². The summed E-state index contributed by atoms with van der Waals surface area (Å²) < 4.78 is 1.76. The van der Waals surface area contributed by atoms with Crippen LogP contribution in [0.3, 0.4) is 0 Å². The van der Waals surface area contributed by atoms with Gasteiger partial charge >= 0.3 is 0 Å². The van der Waals surface area contributed by atoms with E-state index in [9.17, 15) is 4.79 Å². The minimum atomic E-state index is -0.0120. The van der Waals surface area contributed by atoms with E-state index in [0.29, 0.717) is 11.3 Å². The Bertz CT molecular complexity index is 471. The first kappa shape index (κ1) is 10.6. The Kier molecular flexibility index (Phi) is 3.07. The standard InChI is InChI=1S/C11H7Br2NO/c12-8-4-7(5-9(13)6-8)11(15)10-2-1-3-14-10/h1-6,14H. The summed E-state index contributed by atoms with van der Waals surface area (Å²) in [6.45, 7) is 0. The molecule has 0 radical (unpaired) electrons. The number of carbonyl (C=O) groups excluding carboxylic acids is 1. The van der Waals surface area contributed by atoms with Crippen LogP contribution in [0, 0.1) is 0 Å². The van der Waals surface area contributed by atoms with Gasteiger partial charge in [0.15, 0.2) is 0 Å². The lowest BCUT2D eigenvalue weighted by Gasteiger charge is -2.00. The molecule has 4 heteroatoms. The van der Waals surface area contributed by atoms with Gasteiger partial charge < -0.3 is 4.98 Å². The van der Waals surface area contributed by atoms with E-state index in [0.717, 1.165) is 8.95 Å². The van der Waals surface area contributed by atoms with Crippen molar-refractivity contribution in [3.63, 3.8) is 0 Å². The molecule has 15 heavy (non-hydrogen) atoms. The average Bonchev–Trinajstić information content (AvgIpc) is 2.67. The maximum atomic E-state index is 11.9. The summed E-state index contributed by atoms with van der Waals surface area (Å²) in [4.78, 5) is 14.8. The largest absolute Gasteiger partial charge is 0.359 e. The van der Waals surface area contributed by atoms with Crippen LogP contribution in [0.25, 0.3) is 0 Å². The summed E-state index contributed by atoms with van der Waals surface area (Å²) >= 11 is 6.70. The molecule has 0 spiro atoms. The minimum absolute atomic E-state index is 0.0120. The second kappa shape index (κ2) is 4.33. The van der Waals surface area contributed by atoms with Crippen molar-refractivity contribution >= 4 is 37.6 Å². The Balaban J connectivity index is 2.42. The Morgan fingerprint density at radius 2 is 1.80 bits per heavy atom. The lowest BCUT2D eigenvalue weighted by Crippen LogP contribution is -2.01. The summed E-state index contributed by atoms with van der Waals surface area (Å²) in [5, 5.41) is 0. The van der Waals surface area contributed by atoms with Gasteiger partial charge in [-0.05, 0) is 30.3 Å². The molecule has 0 atom stereocenters. The number of nitrogens with one attached hydrogen (secondary N) is 1. The van der Waals surface area contributed by atoms with Gasteiger partial charge in [-0.15, -0.1) is 0 Å². The molecule has 2 aromatic rings. The molecule has 0 aliphatic heterocycles. The first-order chi connectivity index (χ1) is 7.16. The van der Waals surface area contributed by atoms with E-state index in [2.05, 4.69) is 36.8 Å². The normalized spacial score (nSPS) is 10.3. The van der Waals surface area contributed by atoms with Gasteiger partial charge in [0, 0.05) is 20.7 Å². The van der Waals surface area contributed by atoms with Crippen LogP contribution in [0.5, 0.6) is 0 Å². The first-order valence-electron chi connectivity index (χ1n) is 4.31. The third kappa shape index (κ3) is 2.38. The summed E-state index contributed by atoms with van der Waals surface area (Å²) in [6.07, 6.45) is 1.74. The van der Waals surface area contributed by atoms with Crippen molar-refractivity contribution in [1.82, 2.24) is 4.98 Å². The van der Waals surface area contributed by atoms with Crippen LogP contribution in [-0.2, 0) is 0 Å². The molecule has 0 saturated carbocycles. The zero-order valence-corrected chi connectivity index (χ0v) is 10.8. The van der Waals surface area contributed by atoms with Crippen molar-refractivity contribution in [2.75, 3.05) is 0 Å². The third-order valence-corrected chi connectivity index (χ3v) is 2.88. The SMILES string of the molecule is O=C(c1cc(Br)cc(Br)c1)c1ccc[nH]1. The van der Waals surface area contributed by atoms with Crippen molar-refractivity contribution in [1.29, 1.82) is 0 Å². The highest BCUT2D eigenvalue weighted by Gasteiger charge is 2.10. The van der Waals surface area contributed by atoms with Crippen molar-refractivity contribution in [3.05, 3.63) is 56.7 Å². The number of hydrogen-bond acceptors (Lipinski definition) is 1. The zero-order valence-electron chi connectivity index (χ0n) is 7.63. The van der Waals surface area contributed by atoms with Crippen LogP contribution in [0.15, 0.2) is 45.5 Å². The molecule has 0 aliphatic rings. The molecular formula is C11H7Br2NO. The van der Waals surface area contributed by atoms with Crippen LogP contribution < -0.4 is 0 Å². The molecule has 0 aliphatic carbocycles. The lowest BCUT2D eigenvalue weighted by atomic mass is 10.1. The van der Waals surface area contributed by atoms with Crippen LogP contribution >= 0.6 is 31.9 Å². The van der Waals surface area contributed by atoms with Crippen LogP contribution in [0.1, 0.15) is 16.1 Å². The predicted molar refractivity (Wildman–Crippen MR) is 66.1 cm³/mol. The van der Waals surface area contributed by atoms with Gasteiger partial charge in [0.2, 0.25) is 5.78 Å².